The molecule has 16 heavy (non-hydrogen) atoms. The average Bonchev–Trinajstić information content (AvgIpc) is 2.26. The summed E-state index contributed by atoms with van der Waals surface area (Å²) >= 11 is 0. The first-order valence-corrected chi connectivity index (χ1v) is 6.46. The van der Waals surface area contributed by atoms with Crippen molar-refractivity contribution in [2.75, 3.05) is 32.4 Å². The highest BCUT2D eigenvalue weighted by Crippen LogP contribution is 2.05. The molecule has 1 saturated heterocycles. The molecule has 1 fully saturated rings. The maximum Gasteiger partial charge on any atom is 0.323 e. The number of carbonyl (C=O) groups is 2. The molecule has 2 amide bonds. The number of hydrazine groups is 1. The number of hydrogen-bond donors (Lipinski definition) is 2. The van der Waals surface area contributed by atoms with Crippen LogP contribution in [0.2, 0.25) is 0 Å². The second-order valence-electron chi connectivity index (χ2n) is 3.43. The van der Waals surface area contributed by atoms with E-state index < -0.39 is 21.8 Å². The number of sulfonamides is 1. The van der Waals surface area contributed by atoms with E-state index in [0.29, 0.717) is 0 Å². The van der Waals surface area contributed by atoms with Crippen molar-refractivity contribution >= 4 is 21.8 Å². The van der Waals surface area contributed by atoms with Gasteiger partial charge >= 0.3 is 11.8 Å². The quantitative estimate of drug-likeness (QED) is 0.224. The smallest absolute Gasteiger partial charge is 0.323 e. The first-order chi connectivity index (χ1) is 7.36. The topological polar surface area (TPSA) is 113 Å². The summed E-state index contributed by atoms with van der Waals surface area (Å²) in [6.45, 7) is 0.781. The molecular formula is C7H14N4O4S. The van der Waals surface area contributed by atoms with Gasteiger partial charge in [0.05, 0.1) is 6.26 Å². The Morgan fingerprint density at radius 2 is 1.69 bits per heavy atom. The van der Waals surface area contributed by atoms with E-state index in [-0.39, 0.29) is 26.2 Å². The van der Waals surface area contributed by atoms with Gasteiger partial charge in [-0.05, 0) is 0 Å². The summed E-state index contributed by atoms with van der Waals surface area (Å²) in [5.41, 5.74) is 1.74. The maximum atomic E-state index is 11.4. The van der Waals surface area contributed by atoms with Crippen LogP contribution in [-0.2, 0) is 19.6 Å². The van der Waals surface area contributed by atoms with Crippen molar-refractivity contribution in [3.63, 3.8) is 0 Å². The van der Waals surface area contributed by atoms with E-state index in [1.807, 2.05) is 0 Å². The SMILES string of the molecule is CS(=O)(=O)N1CCN(C(=O)C(=O)NN)CC1. The highest BCUT2D eigenvalue weighted by Gasteiger charge is 2.28. The molecule has 1 aliphatic rings. The van der Waals surface area contributed by atoms with Crippen molar-refractivity contribution < 1.29 is 18.0 Å². The molecule has 0 aliphatic carbocycles. The predicted molar refractivity (Wildman–Crippen MR) is 55.3 cm³/mol. The van der Waals surface area contributed by atoms with Gasteiger partial charge in [0.25, 0.3) is 0 Å². The number of hydrogen-bond acceptors (Lipinski definition) is 5. The van der Waals surface area contributed by atoms with Gasteiger partial charge in [0.1, 0.15) is 0 Å². The molecular weight excluding hydrogens is 236 g/mol. The van der Waals surface area contributed by atoms with Crippen molar-refractivity contribution in [1.82, 2.24) is 14.6 Å². The molecule has 0 aromatic carbocycles. The molecule has 0 aromatic rings. The van der Waals surface area contributed by atoms with Gasteiger partial charge in [-0.2, -0.15) is 4.31 Å². The fourth-order valence-corrected chi connectivity index (χ4v) is 2.25. The zero-order valence-electron chi connectivity index (χ0n) is 8.84. The summed E-state index contributed by atoms with van der Waals surface area (Å²) in [6.07, 6.45) is 1.11. The Kier molecular flexibility index (Phi) is 3.83. The van der Waals surface area contributed by atoms with E-state index in [1.54, 1.807) is 5.43 Å². The molecule has 0 radical (unpaired) electrons. The Hall–Kier alpha value is -1.19. The fraction of sp³-hybridized carbons (Fsp3) is 0.714. The van der Waals surface area contributed by atoms with Gasteiger partial charge in [-0.25, -0.2) is 14.3 Å². The maximum absolute atomic E-state index is 11.4. The summed E-state index contributed by atoms with van der Waals surface area (Å²) in [6, 6.07) is 0. The monoisotopic (exact) mass is 250 g/mol. The van der Waals surface area contributed by atoms with Crippen molar-refractivity contribution in [2.45, 2.75) is 0 Å². The van der Waals surface area contributed by atoms with Crippen LogP contribution >= 0.6 is 0 Å². The molecule has 8 nitrogen and oxygen atoms in total. The molecule has 1 aliphatic heterocycles. The number of piperazine rings is 1. The van der Waals surface area contributed by atoms with E-state index in [0.717, 1.165) is 6.26 Å². The number of carbonyl (C=O) groups excluding carboxylic acids is 2. The zero-order chi connectivity index (χ0) is 12.3. The number of nitrogens with one attached hydrogen (secondary N) is 1. The number of nitrogens with two attached hydrogens (primary N) is 1. The van der Waals surface area contributed by atoms with Crippen LogP contribution in [0.25, 0.3) is 0 Å². The lowest BCUT2D eigenvalue weighted by Gasteiger charge is -2.32. The minimum Gasteiger partial charge on any atom is -0.332 e. The minimum atomic E-state index is -3.23. The third kappa shape index (κ3) is 2.90. The van der Waals surface area contributed by atoms with Gasteiger partial charge in [0, 0.05) is 26.2 Å². The fourth-order valence-electron chi connectivity index (χ4n) is 1.43. The van der Waals surface area contributed by atoms with Crippen LogP contribution in [0.3, 0.4) is 0 Å². The van der Waals surface area contributed by atoms with E-state index >= 15 is 0 Å². The van der Waals surface area contributed by atoms with Gasteiger partial charge in [0.2, 0.25) is 10.0 Å². The number of amides is 2. The van der Waals surface area contributed by atoms with E-state index in [2.05, 4.69) is 0 Å². The second-order valence-corrected chi connectivity index (χ2v) is 5.41. The summed E-state index contributed by atoms with van der Waals surface area (Å²) in [4.78, 5) is 23.5. The van der Waals surface area contributed by atoms with Crippen molar-refractivity contribution in [1.29, 1.82) is 0 Å². The molecule has 92 valence electrons. The Balaban J connectivity index is 2.56. The van der Waals surface area contributed by atoms with Crippen LogP contribution in [0.4, 0.5) is 0 Å². The Morgan fingerprint density at radius 3 is 2.06 bits per heavy atom. The molecule has 1 heterocycles. The molecule has 3 N–H and O–H groups in total. The predicted octanol–water partition coefficient (Wildman–Crippen LogP) is -2.92. The third-order valence-corrected chi connectivity index (χ3v) is 3.62. The molecule has 0 saturated carbocycles. The number of nitrogens with zero attached hydrogens (tertiary/aromatic N) is 2. The Bertz CT molecular complexity index is 385. The molecule has 0 unspecified atom stereocenters. The highest BCUT2D eigenvalue weighted by molar-refractivity contribution is 7.88. The summed E-state index contributed by atoms with van der Waals surface area (Å²) in [7, 11) is -3.23. The molecule has 9 heteroatoms. The second kappa shape index (κ2) is 4.76. The van der Waals surface area contributed by atoms with E-state index in [4.69, 9.17) is 5.84 Å². The van der Waals surface area contributed by atoms with Crippen LogP contribution in [-0.4, -0.2) is 61.9 Å². The standard InChI is InChI=1S/C7H14N4O4S/c1-16(14,15)11-4-2-10(3-5-11)7(13)6(12)9-8/h2-5,8H2,1H3,(H,9,12). The molecule has 0 bridgehead atoms. The van der Waals surface area contributed by atoms with Crippen LogP contribution in [0, 0.1) is 0 Å². The van der Waals surface area contributed by atoms with Gasteiger partial charge in [-0.1, -0.05) is 0 Å². The van der Waals surface area contributed by atoms with Gasteiger partial charge in [-0.15, -0.1) is 0 Å². The normalized spacial score (nSPS) is 18.2. The summed E-state index contributed by atoms with van der Waals surface area (Å²) in [5.74, 6) is 3.19. The van der Waals surface area contributed by atoms with Crippen molar-refractivity contribution in [2.24, 2.45) is 5.84 Å². The summed E-state index contributed by atoms with van der Waals surface area (Å²) in [5, 5.41) is 0. The summed E-state index contributed by atoms with van der Waals surface area (Å²) < 4.78 is 23.6. The molecule has 1 rings (SSSR count). The Labute approximate surface area is 93.4 Å². The lowest BCUT2D eigenvalue weighted by molar-refractivity contribution is -0.146. The third-order valence-electron chi connectivity index (χ3n) is 2.32. The van der Waals surface area contributed by atoms with Crippen molar-refractivity contribution in [3.8, 4) is 0 Å². The van der Waals surface area contributed by atoms with Gasteiger partial charge < -0.3 is 4.90 Å². The highest BCUT2D eigenvalue weighted by atomic mass is 32.2. The zero-order valence-corrected chi connectivity index (χ0v) is 9.66. The van der Waals surface area contributed by atoms with Gasteiger partial charge in [0.15, 0.2) is 0 Å². The van der Waals surface area contributed by atoms with Crippen LogP contribution in [0.1, 0.15) is 0 Å². The van der Waals surface area contributed by atoms with E-state index in [9.17, 15) is 18.0 Å². The average molecular weight is 250 g/mol. The molecule has 0 aromatic heterocycles. The van der Waals surface area contributed by atoms with Crippen LogP contribution in [0.15, 0.2) is 0 Å². The lowest BCUT2D eigenvalue weighted by Crippen LogP contribution is -2.54. The first-order valence-electron chi connectivity index (χ1n) is 4.61. The minimum absolute atomic E-state index is 0.194. The molecule has 0 atom stereocenters. The van der Waals surface area contributed by atoms with Crippen LogP contribution < -0.4 is 11.3 Å². The first kappa shape index (κ1) is 12.9. The lowest BCUT2D eigenvalue weighted by atomic mass is 10.3. The van der Waals surface area contributed by atoms with Gasteiger partial charge in [-0.3, -0.25) is 15.0 Å². The largest absolute Gasteiger partial charge is 0.332 e. The van der Waals surface area contributed by atoms with E-state index in [1.165, 1.54) is 9.21 Å². The van der Waals surface area contributed by atoms with Crippen molar-refractivity contribution in [3.05, 3.63) is 0 Å². The van der Waals surface area contributed by atoms with Crippen LogP contribution in [0.5, 0.6) is 0 Å². The molecule has 0 spiro atoms. The Morgan fingerprint density at radius 1 is 1.19 bits per heavy atom. The number of rotatable bonds is 1.